The summed E-state index contributed by atoms with van der Waals surface area (Å²) in [5.74, 6) is 0.667. The molecule has 5 nitrogen and oxygen atoms in total. The zero-order valence-corrected chi connectivity index (χ0v) is 12.5. The molecule has 0 aromatic carbocycles. The molecule has 0 aliphatic carbocycles. The van der Waals surface area contributed by atoms with E-state index in [-0.39, 0.29) is 30.3 Å². The largest absolute Gasteiger partial charge is 0.347 e. The SMILES string of the molecule is CN(C)C(=O)C1CCCN1C(=O)CC1CCNC1.Cl. The predicted octanol–water partition coefficient (Wildman–Crippen LogP) is 0.487. The molecule has 0 radical (unpaired) electrons. The average Bonchev–Trinajstić information content (AvgIpc) is 2.97. The molecule has 0 bridgehead atoms. The van der Waals surface area contributed by atoms with E-state index in [9.17, 15) is 9.59 Å². The van der Waals surface area contributed by atoms with Gasteiger partial charge < -0.3 is 15.1 Å². The first-order valence-corrected chi connectivity index (χ1v) is 6.81. The van der Waals surface area contributed by atoms with Crippen LogP contribution in [-0.4, -0.2) is 61.4 Å². The van der Waals surface area contributed by atoms with Crippen LogP contribution in [0, 0.1) is 5.92 Å². The fourth-order valence-electron chi connectivity index (χ4n) is 2.87. The Morgan fingerprint density at radius 1 is 1.32 bits per heavy atom. The minimum Gasteiger partial charge on any atom is -0.347 e. The second-order valence-electron chi connectivity index (χ2n) is 5.54. The van der Waals surface area contributed by atoms with E-state index in [4.69, 9.17) is 0 Å². The van der Waals surface area contributed by atoms with Gasteiger partial charge in [-0.15, -0.1) is 12.4 Å². The number of nitrogens with zero attached hydrogens (tertiary/aromatic N) is 2. The van der Waals surface area contributed by atoms with Crippen LogP contribution in [0.1, 0.15) is 25.7 Å². The molecule has 0 aromatic heterocycles. The second-order valence-corrected chi connectivity index (χ2v) is 5.54. The molecular formula is C13H24ClN3O2. The van der Waals surface area contributed by atoms with E-state index >= 15 is 0 Å². The first kappa shape index (κ1) is 16.2. The lowest BCUT2D eigenvalue weighted by molar-refractivity contribution is -0.142. The van der Waals surface area contributed by atoms with Gasteiger partial charge in [-0.3, -0.25) is 9.59 Å². The minimum absolute atomic E-state index is 0. The Morgan fingerprint density at radius 3 is 2.63 bits per heavy atom. The van der Waals surface area contributed by atoms with Crippen molar-refractivity contribution in [3.05, 3.63) is 0 Å². The molecule has 2 aliphatic heterocycles. The summed E-state index contributed by atoms with van der Waals surface area (Å²) in [6.45, 7) is 2.69. The number of carbonyl (C=O) groups excluding carboxylic acids is 2. The minimum atomic E-state index is -0.220. The van der Waals surface area contributed by atoms with Crippen molar-refractivity contribution in [3.8, 4) is 0 Å². The number of carbonyl (C=O) groups is 2. The van der Waals surface area contributed by atoms with Crippen LogP contribution < -0.4 is 5.32 Å². The maximum atomic E-state index is 12.3. The van der Waals surface area contributed by atoms with Crippen LogP contribution in [0.4, 0.5) is 0 Å². The van der Waals surface area contributed by atoms with Crippen molar-refractivity contribution in [2.24, 2.45) is 5.92 Å². The van der Waals surface area contributed by atoms with E-state index in [0.29, 0.717) is 12.3 Å². The monoisotopic (exact) mass is 289 g/mol. The van der Waals surface area contributed by atoms with Crippen molar-refractivity contribution in [2.45, 2.75) is 31.7 Å². The molecule has 6 heteroatoms. The Balaban J connectivity index is 0.00000180. The van der Waals surface area contributed by atoms with Gasteiger partial charge >= 0.3 is 0 Å². The highest BCUT2D eigenvalue weighted by Crippen LogP contribution is 2.22. The van der Waals surface area contributed by atoms with Crippen LogP contribution in [0.3, 0.4) is 0 Å². The van der Waals surface area contributed by atoms with Crippen LogP contribution in [0.25, 0.3) is 0 Å². The molecule has 2 unspecified atom stereocenters. The van der Waals surface area contributed by atoms with Gasteiger partial charge in [-0.05, 0) is 38.3 Å². The first-order chi connectivity index (χ1) is 8.59. The topological polar surface area (TPSA) is 52.7 Å². The zero-order chi connectivity index (χ0) is 13.1. The molecule has 2 atom stereocenters. The smallest absolute Gasteiger partial charge is 0.244 e. The Hall–Kier alpha value is -0.810. The van der Waals surface area contributed by atoms with Crippen molar-refractivity contribution in [1.29, 1.82) is 0 Å². The Bertz CT molecular complexity index is 330. The molecule has 0 aromatic rings. The molecule has 2 amide bonds. The van der Waals surface area contributed by atoms with E-state index in [2.05, 4.69) is 5.32 Å². The van der Waals surface area contributed by atoms with Crippen molar-refractivity contribution in [2.75, 3.05) is 33.7 Å². The lowest BCUT2D eigenvalue weighted by atomic mass is 10.0. The third-order valence-electron chi connectivity index (χ3n) is 3.92. The number of hydrogen-bond donors (Lipinski definition) is 1. The maximum Gasteiger partial charge on any atom is 0.244 e. The molecule has 1 N–H and O–H groups in total. The van der Waals surface area contributed by atoms with E-state index in [1.54, 1.807) is 23.9 Å². The number of hydrogen-bond acceptors (Lipinski definition) is 3. The second kappa shape index (κ2) is 7.10. The Labute approximate surface area is 121 Å². The fourth-order valence-corrected chi connectivity index (χ4v) is 2.87. The van der Waals surface area contributed by atoms with Crippen molar-refractivity contribution >= 4 is 24.2 Å². The number of likely N-dealkylation sites (tertiary alicyclic amines) is 1. The summed E-state index contributed by atoms with van der Waals surface area (Å²) in [7, 11) is 3.51. The van der Waals surface area contributed by atoms with Crippen molar-refractivity contribution in [3.63, 3.8) is 0 Å². The van der Waals surface area contributed by atoms with Gasteiger partial charge in [-0.2, -0.15) is 0 Å². The molecule has 0 saturated carbocycles. The third-order valence-corrected chi connectivity index (χ3v) is 3.92. The van der Waals surface area contributed by atoms with Gasteiger partial charge in [0, 0.05) is 27.1 Å². The number of likely N-dealkylation sites (N-methyl/N-ethyl adjacent to an activating group) is 1. The summed E-state index contributed by atoms with van der Waals surface area (Å²) >= 11 is 0. The zero-order valence-electron chi connectivity index (χ0n) is 11.7. The fraction of sp³-hybridized carbons (Fsp3) is 0.846. The molecule has 110 valence electrons. The summed E-state index contributed by atoms with van der Waals surface area (Å²) in [4.78, 5) is 27.7. The first-order valence-electron chi connectivity index (χ1n) is 6.81. The van der Waals surface area contributed by atoms with E-state index in [1.807, 2.05) is 0 Å². The van der Waals surface area contributed by atoms with Gasteiger partial charge in [-0.25, -0.2) is 0 Å². The molecule has 2 saturated heterocycles. The highest BCUT2D eigenvalue weighted by Gasteiger charge is 2.35. The lowest BCUT2D eigenvalue weighted by Crippen LogP contribution is -2.45. The molecule has 2 heterocycles. The van der Waals surface area contributed by atoms with Crippen LogP contribution >= 0.6 is 12.4 Å². The van der Waals surface area contributed by atoms with Gasteiger partial charge in [0.05, 0.1) is 0 Å². The van der Waals surface area contributed by atoms with Crippen molar-refractivity contribution in [1.82, 2.24) is 15.1 Å². The highest BCUT2D eigenvalue weighted by atomic mass is 35.5. The molecular weight excluding hydrogens is 266 g/mol. The average molecular weight is 290 g/mol. The summed E-state index contributed by atoms with van der Waals surface area (Å²) in [5.41, 5.74) is 0. The number of nitrogens with one attached hydrogen (secondary N) is 1. The Kier molecular flexibility index (Phi) is 6.07. The molecule has 2 aliphatic rings. The van der Waals surface area contributed by atoms with Gasteiger partial charge in [0.15, 0.2) is 0 Å². The van der Waals surface area contributed by atoms with E-state index < -0.39 is 0 Å². The van der Waals surface area contributed by atoms with Gasteiger partial charge in [0.25, 0.3) is 0 Å². The summed E-state index contributed by atoms with van der Waals surface area (Å²) in [6, 6.07) is -0.220. The normalized spacial score (nSPS) is 26.1. The van der Waals surface area contributed by atoms with Crippen molar-refractivity contribution < 1.29 is 9.59 Å². The summed E-state index contributed by atoms with van der Waals surface area (Å²) in [5, 5.41) is 3.27. The predicted molar refractivity (Wildman–Crippen MR) is 76.3 cm³/mol. The van der Waals surface area contributed by atoms with Crippen LogP contribution in [-0.2, 0) is 9.59 Å². The quantitative estimate of drug-likeness (QED) is 0.823. The summed E-state index contributed by atoms with van der Waals surface area (Å²) in [6.07, 6.45) is 3.42. The Morgan fingerprint density at radius 2 is 2.05 bits per heavy atom. The number of rotatable bonds is 3. The third kappa shape index (κ3) is 3.83. The van der Waals surface area contributed by atoms with E-state index in [1.165, 1.54) is 0 Å². The van der Waals surface area contributed by atoms with Crippen LogP contribution in [0.15, 0.2) is 0 Å². The molecule has 2 rings (SSSR count). The standard InChI is InChI=1S/C13H23N3O2.ClH/c1-15(2)13(18)11-4-3-7-16(11)12(17)8-10-5-6-14-9-10;/h10-11,14H,3-9H2,1-2H3;1H. The molecule has 2 fully saturated rings. The van der Waals surface area contributed by atoms with E-state index in [0.717, 1.165) is 38.9 Å². The number of amides is 2. The van der Waals surface area contributed by atoms with Crippen LogP contribution in [0.5, 0.6) is 0 Å². The van der Waals surface area contributed by atoms with Gasteiger partial charge in [-0.1, -0.05) is 0 Å². The molecule has 0 spiro atoms. The van der Waals surface area contributed by atoms with Crippen LogP contribution in [0.2, 0.25) is 0 Å². The maximum absolute atomic E-state index is 12.3. The summed E-state index contributed by atoms with van der Waals surface area (Å²) < 4.78 is 0. The highest BCUT2D eigenvalue weighted by molar-refractivity contribution is 5.88. The lowest BCUT2D eigenvalue weighted by Gasteiger charge is -2.27. The number of halogens is 1. The van der Waals surface area contributed by atoms with Gasteiger partial charge in [0.2, 0.25) is 11.8 Å². The molecule has 19 heavy (non-hydrogen) atoms. The van der Waals surface area contributed by atoms with Gasteiger partial charge in [0.1, 0.15) is 6.04 Å².